The molecule has 2 aromatic carbocycles. The van der Waals surface area contributed by atoms with Crippen molar-refractivity contribution >= 4 is 0 Å². The van der Waals surface area contributed by atoms with Crippen LogP contribution in [0.15, 0.2) is 52.9 Å². The Morgan fingerprint density at radius 1 is 0.833 bits per heavy atom. The second-order valence-corrected chi connectivity index (χ2v) is 6.70. The summed E-state index contributed by atoms with van der Waals surface area (Å²) in [6.45, 7) is 9.19. The molecular weight excluding hydrogens is 300 g/mol. The minimum atomic E-state index is 0.126. The summed E-state index contributed by atoms with van der Waals surface area (Å²) in [4.78, 5) is 0. The van der Waals surface area contributed by atoms with Crippen LogP contribution in [0.3, 0.4) is 0 Å². The molecule has 0 atom stereocenters. The second-order valence-electron chi connectivity index (χ2n) is 6.70. The zero-order valence-corrected chi connectivity index (χ0v) is 14.5. The van der Waals surface area contributed by atoms with Gasteiger partial charge in [-0.25, -0.2) is 0 Å². The van der Waals surface area contributed by atoms with Crippen LogP contribution >= 0.6 is 0 Å². The van der Waals surface area contributed by atoms with E-state index in [1.54, 1.807) is 0 Å². The summed E-state index contributed by atoms with van der Waals surface area (Å²) in [6, 6.07) is 15.9. The summed E-state index contributed by atoms with van der Waals surface area (Å²) >= 11 is 0. The van der Waals surface area contributed by atoms with Crippen molar-refractivity contribution in [1.29, 1.82) is 0 Å². The molecule has 4 heteroatoms. The van der Waals surface area contributed by atoms with Crippen LogP contribution < -0.4 is 4.74 Å². The first kappa shape index (κ1) is 16.2. The van der Waals surface area contributed by atoms with Crippen LogP contribution in [0.5, 0.6) is 5.75 Å². The quantitative estimate of drug-likeness (QED) is 0.670. The van der Waals surface area contributed by atoms with E-state index >= 15 is 0 Å². The highest BCUT2D eigenvalue weighted by Crippen LogP contribution is 2.28. The summed E-state index contributed by atoms with van der Waals surface area (Å²) in [5, 5.41) is 8.32. The molecule has 3 rings (SSSR count). The Hall–Kier alpha value is -2.62. The lowest BCUT2D eigenvalue weighted by Crippen LogP contribution is -2.10. The van der Waals surface area contributed by atoms with Gasteiger partial charge in [0, 0.05) is 11.1 Å². The molecule has 3 aromatic rings. The Bertz CT molecular complexity index is 797. The Balaban J connectivity index is 1.82. The molecule has 0 saturated carbocycles. The van der Waals surface area contributed by atoms with E-state index in [2.05, 4.69) is 43.1 Å². The van der Waals surface area contributed by atoms with Gasteiger partial charge in [0.25, 0.3) is 0 Å². The van der Waals surface area contributed by atoms with Gasteiger partial charge in [-0.2, -0.15) is 0 Å². The number of ether oxygens (including phenoxy) is 1. The van der Waals surface area contributed by atoms with E-state index in [1.807, 2.05) is 43.3 Å². The van der Waals surface area contributed by atoms with Gasteiger partial charge in [0.15, 0.2) is 0 Å². The fourth-order valence-corrected chi connectivity index (χ4v) is 2.43. The van der Waals surface area contributed by atoms with E-state index in [0.29, 0.717) is 18.4 Å². The van der Waals surface area contributed by atoms with Crippen LogP contribution in [0, 0.1) is 0 Å². The molecule has 0 radical (unpaired) electrons. The third kappa shape index (κ3) is 3.48. The van der Waals surface area contributed by atoms with Crippen molar-refractivity contribution in [3.63, 3.8) is 0 Å². The highest BCUT2D eigenvalue weighted by Gasteiger charge is 2.15. The smallest absolute Gasteiger partial charge is 0.248 e. The van der Waals surface area contributed by atoms with E-state index in [-0.39, 0.29) is 5.41 Å². The summed E-state index contributed by atoms with van der Waals surface area (Å²) < 4.78 is 11.3. The molecule has 0 unspecified atom stereocenters. The molecule has 24 heavy (non-hydrogen) atoms. The maximum absolute atomic E-state index is 5.82. The SMILES string of the molecule is CCOc1ccc(-c2nnc(-c3ccc(C(C)(C)C)cc3)o2)cc1. The van der Waals surface area contributed by atoms with E-state index in [1.165, 1.54) is 5.56 Å². The Morgan fingerprint density at radius 2 is 1.33 bits per heavy atom. The highest BCUT2D eigenvalue weighted by atomic mass is 16.5. The zero-order valence-electron chi connectivity index (χ0n) is 14.5. The number of aromatic nitrogens is 2. The summed E-state index contributed by atoms with van der Waals surface area (Å²) in [6.07, 6.45) is 0. The zero-order chi connectivity index (χ0) is 17.2. The predicted octanol–water partition coefficient (Wildman–Crippen LogP) is 5.10. The van der Waals surface area contributed by atoms with E-state index < -0.39 is 0 Å². The van der Waals surface area contributed by atoms with Gasteiger partial charge < -0.3 is 9.15 Å². The first-order valence-corrected chi connectivity index (χ1v) is 8.15. The lowest BCUT2D eigenvalue weighted by atomic mass is 9.87. The summed E-state index contributed by atoms with van der Waals surface area (Å²) in [7, 11) is 0. The van der Waals surface area contributed by atoms with Gasteiger partial charge in [-0.3, -0.25) is 0 Å². The molecule has 0 aliphatic heterocycles. The van der Waals surface area contributed by atoms with Gasteiger partial charge in [-0.05, 0) is 54.3 Å². The molecule has 1 aromatic heterocycles. The maximum atomic E-state index is 5.82. The molecule has 0 fully saturated rings. The fourth-order valence-electron chi connectivity index (χ4n) is 2.43. The molecule has 0 amide bonds. The molecule has 0 bridgehead atoms. The molecule has 0 aliphatic carbocycles. The minimum Gasteiger partial charge on any atom is -0.494 e. The van der Waals surface area contributed by atoms with Crippen LogP contribution in [0.4, 0.5) is 0 Å². The summed E-state index contributed by atoms with van der Waals surface area (Å²) in [5.74, 6) is 1.87. The van der Waals surface area contributed by atoms with E-state index in [9.17, 15) is 0 Å². The van der Waals surface area contributed by atoms with Crippen molar-refractivity contribution in [2.45, 2.75) is 33.1 Å². The van der Waals surface area contributed by atoms with Crippen LogP contribution in [-0.4, -0.2) is 16.8 Å². The molecule has 0 saturated heterocycles. The summed E-state index contributed by atoms with van der Waals surface area (Å²) in [5.41, 5.74) is 3.20. The van der Waals surface area contributed by atoms with Gasteiger partial charge in [0.1, 0.15) is 5.75 Å². The third-order valence-corrected chi connectivity index (χ3v) is 3.84. The average Bonchev–Trinajstić information content (AvgIpc) is 3.05. The monoisotopic (exact) mass is 322 g/mol. The molecule has 0 spiro atoms. The van der Waals surface area contributed by atoms with Crippen molar-refractivity contribution in [1.82, 2.24) is 10.2 Å². The maximum Gasteiger partial charge on any atom is 0.248 e. The number of nitrogens with zero attached hydrogens (tertiary/aromatic N) is 2. The molecule has 124 valence electrons. The van der Waals surface area contributed by atoms with Crippen molar-refractivity contribution in [2.24, 2.45) is 0 Å². The van der Waals surface area contributed by atoms with Crippen molar-refractivity contribution in [3.8, 4) is 28.7 Å². The van der Waals surface area contributed by atoms with Crippen molar-refractivity contribution < 1.29 is 9.15 Å². The third-order valence-electron chi connectivity index (χ3n) is 3.84. The molecule has 0 aliphatic rings. The Labute approximate surface area is 142 Å². The Morgan fingerprint density at radius 3 is 1.79 bits per heavy atom. The van der Waals surface area contributed by atoms with Gasteiger partial charge in [0.05, 0.1) is 6.61 Å². The molecular formula is C20H22N2O2. The number of hydrogen-bond donors (Lipinski definition) is 0. The Kier molecular flexibility index (Phi) is 4.38. The first-order valence-electron chi connectivity index (χ1n) is 8.15. The number of rotatable bonds is 4. The van der Waals surface area contributed by atoms with Crippen LogP contribution in [0.25, 0.3) is 22.9 Å². The predicted molar refractivity (Wildman–Crippen MR) is 95.0 cm³/mol. The standard InChI is InChI=1S/C20H22N2O2/c1-5-23-17-12-8-15(9-13-17)19-22-21-18(24-19)14-6-10-16(11-7-14)20(2,3)4/h6-13H,5H2,1-4H3. The lowest BCUT2D eigenvalue weighted by Gasteiger charge is -2.18. The molecule has 0 N–H and O–H groups in total. The normalized spacial score (nSPS) is 11.5. The van der Waals surface area contributed by atoms with E-state index in [0.717, 1.165) is 16.9 Å². The highest BCUT2D eigenvalue weighted by molar-refractivity contribution is 5.59. The minimum absolute atomic E-state index is 0.126. The van der Waals surface area contributed by atoms with Crippen LogP contribution in [-0.2, 0) is 5.41 Å². The van der Waals surface area contributed by atoms with Crippen molar-refractivity contribution in [3.05, 3.63) is 54.1 Å². The van der Waals surface area contributed by atoms with Crippen LogP contribution in [0.2, 0.25) is 0 Å². The largest absolute Gasteiger partial charge is 0.494 e. The van der Waals surface area contributed by atoms with Crippen molar-refractivity contribution in [2.75, 3.05) is 6.61 Å². The van der Waals surface area contributed by atoms with Gasteiger partial charge in [-0.15, -0.1) is 10.2 Å². The first-order chi connectivity index (χ1) is 11.5. The van der Waals surface area contributed by atoms with Gasteiger partial charge in [0.2, 0.25) is 11.8 Å². The molecule has 4 nitrogen and oxygen atoms in total. The number of benzene rings is 2. The number of hydrogen-bond acceptors (Lipinski definition) is 4. The fraction of sp³-hybridized carbons (Fsp3) is 0.300. The molecule has 1 heterocycles. The van der Waals surface area contributed by atoms with Gasteiger partial charge in [-0.1, -0.05) is 32.9 Å². The van der Waals surface area contributed by atoms with Gasteiger partial charge >= 0.3 is 0 Å². The second kappa shape index (κ2) is 6.48. The van der Waals surface area contributed by atoms with E-state index in [4.69, 9.17) is 9.15 Å². The lowest BCUT2D eigenvalue weighted by molar-refractivity contribution is 0.340. The average molecular weight is 322 g/mol. The van der Waals surface area contributed by atoms with Crippen LogP contribution in [0.1, 0.15) is 33.3 Å². The topological polar surface area (TPSA) is 48.2 Å².